The van der Waals surface area contributed by atoms with Crippen molar-refractivity contribution in [3.8, 4) is 0 Å². The van der Waals surface area contributed by atoms with Gasteiger partial charge in [-0.1, -0.05) is 48.8 Å². The third kappa shape index (κ3) is 4.43. The van der Waals surface area contributed by atoms with E-state index in [4.69, 9.17) is 0 Å². The molecule has 0 atom stereocenters. The number of hydrogen-bond donors (Lipinski definition) is 0. The predicted octanol–water partition coefficient (Wildman–Crippen LogP) is 4.92. The molecule has 0 aliphatic heterocycles. The number of hydrogen-bond acceptors (Lipinski definition) is 2. The van der Waals surface area contributed by atoms with Crippen LogP contribution >= 0.6 is 11.3 Å². The fourth-order valence-corrected chi connectivity index (χ4v) is 3.61. The molecule has 0 aliphatic carbocycles. The highest BCUT2D eigenvalue weighted by Gasteiger charge is 2.19. The Morgan fingerprint density at radius 3 is 2.48 bits per heavy atom. The van der Waals surface area contributed by atoms with E-state index >= 15 is 0 Å². The second-order valence-corrected chi connectivity index (χ2v) is 6.33. The first kappa shape index (κ1) is 18.6. The van der Waals surface area contributed by atoms with Crippen molar-refractivity contribution < 1.29 is 9.36 Å². The molecule has 0 bridgehead atoms. The Hall–Kier alpha value is -2.72. The number of allylic oxidation sites excluding steroid dienone is 2. The van der Waals surface area contributed by atoms with E-state index in [1.807, 2.05) is 60.7 Å². The van der Waals surface area contributed by atoms with Crippen LogP contribution in [0, 0.1) is 0 Å². The number of para-hydroxylation sites is 1. The van der Waals surface area contributed by atoms with Crippen molar-refractivity contribution in [1.29, 1.82) is 0 Å². The van der Waals surface area contributed by atoms with Gasteiger partial charge in [-0.3, -0.25) is 9.69 Å². The summed E-state index contributed by atoms with van der Waals surface area (Å²) < 4.78 is 2.19. The molecule has 1 amide bonds. The maximum absolute atomic E-state index is 11.9. The Labute approximate surface area is 153 Å². The molecule has 0 aliphatic rings. The summed E-state index contributed by atoms with van der Waals surface area (Å²) in [7, 11) is 0. The van der Waals surface area contributed by atoms with Crippen LogP contribution in [0.25, 0.3) is 18.2 Å². The zero-order valence-corrected chi connectivity index (χ0v) is 15.5. The first-order valence-corrected chi connectivity index (χ1v) is 8.95. The smallest absolute Gasteiger partial charge is 0.262 e. The normalized spacial score (nSPS) is 11.1. The molecule has 4 heteroatoms. The molecule has 0 fully saturated rings. The maximum atomic E-state index is 11.9. The highest BCUT2D eigenvalue weighted by Crippen LogP contribution is 2.20. The highest BCUT2D eigenvalue weighted by molar-refractivity contribution is 7.13. The van der Waals surface area contributed by atoms with Crippen LogP contribution in [0.15, 0.2) is 61.8 Å². The van der Waals surface area contributed by atoms with Gasteiger partial charge in [-0.05, 0) is 31.2 Å². The summed E-state index contributed by atoms with van der Waals surface area (Å²) in [5.41, 5.74) is 1.93. The first-order valence-electron chi connectivity index (χ1n) is 8.13. The van der Waals surface area contributed by atoms with Gasteiger partial charge < -0.3 is 0 Å². The lowest BCUT2D eigenvalue weighted by molar-refractivity contribution is -0.692. The first-order chi connectivity index (χ1) is 12.1. The van der Waals surface area contributed by atoms with Crippen LogP contribution in [0.2, 0.25) is 0 Å². The molecule has 1 aromatic heterocycles. The van der Waals surface area contributed by atoms with Gasteiger partial charge in [0.2, 0.25) is 11.6 Å². The molecule has 0 spiro atoms. The summed E-state index contributed by atoms with van der Waals surface area (Å²) in [5, 5.41) is 1.12. The standard InChI is InChI=1S/C21H23N2OS/c1-5-19-20(6-2)25-21(22(19)7-3)15-11-12-16-23(17(4)24)18-13-9-8-10-14-18/h5-6,8-16H,1-2,7H2,3-4H3/q+1. The number of carbonyl (C=O) groups is 1. The van der Waals surface area contributed by atoms with Crippen LogP contribution in [-0.2, 0) is 11.3 Å². The second kappa shape index (κ2) is 8.94. The maximum Gasteiger partial charge on any atom is 0.262 e. The van der Waals surface area contributed by atoms with Gasteiger partial charge in [0.25, 0.3) is 5.01 Å². The molecule has 128 valence electrons. The number of rotatable bonds is 7. The van der Waals surface area contributed by atoms with E-state index in [-0.39, 0.29) is 5.91 Å². The van der Waals surface area contributed by atoms with Gasteiger partial charge in [0, 0.05) is 31.0 Å². The van der Waals surface area contributed by atoms with Gasteiger partial charge in [-0.25, -0.2) is 0 Å². The topological polar surface area (TPSA) is 24.2 Å². The molecule has 1 heterocycles. The molecule has 2 rings (SSSR count). The molecule has 0 unspecified atom stereocenters. The Morgan fingerprint density at radius 1 is 1.20 bits per heavy atom. The van der Waals surface area contributed by atoms with E-state index in [1.165, 1.54) is 0 Å². The van der Waals surface area contributed by atoms with Crippen molar-refractivity contribution >= 4 is 41.2 Å². The lowest BCUT2D eigenvalue weighted by Gasteiger charge is -2.15. The minimum Gasteiger partial charge on any atom is -0.288 e. The van der Waals surface area contributed by atoms with Crippen LogP contribution in [0.4, 0.5) is 5.69 Å². The minimum absolute atomic E-state index is 0.0292. The van der Waals surface area contributed by atoms with Crippen LogP contribution in [0.5, 0.6) is 0 Å². The summed E-state index contributed by atoms with van der Waals surface area (Å²) in [6.07, 6.45) is 11.3. The molecule has 3 nitrogen and oxygen atoms in total. The SMILES string of the molecule is C=Cc1sc(/C=C/C=C/N(C(C)=O)c2ccccc2)[n+](CC)c1C=C. The largest absolute Gasteiger partial charge is 0.288 e. The number of benzene rings is 1. The molecule has 0 radical (unpaired) electrons. The van der Waals surface area contributed by atoms with Gasteiger partial charge in [0.05, 0.1) is 0 Å². The number of nitrogens with zero attached hydrogens (tertiary/aromatic N) is 2. The monoisotopic (exact) mass is 351 g/mol. The van der Waals surface area contributed by atoms with Gasteiger partial charge >= 0.3 is 0 Å². The highest BCUT2D eigenvalue weighted by atomic mass is 32.1. The number of thiazole rings is 1. The van der Waals surface area contributed by atoms with Crippen LogP contribution in [0.3, 0.4) is 0 Å². The van der Waals surface area contributed by atoms with Crippen LogP contribution < -0.4 is 9.47 Å². The Bertz CT molecular complexity index is 816. The molecule has 0 saturated carbocycles. The average Bonchev–Trinajstić information content (AvgIpc) is 2.98. The van der Waals surface area contributed by atoms with Crippen molar-refractivity contribution in [2.24, 2.45) is 0 Å². The minimum atomic E-state index is -0.0292. The number of anilines is 1. The summed E-state index contributed by atoms with van der Waals surface area (Å²) in [5.74, 6) is -0.0292. The number of carbonyl (C=O) groups excluding carboxylic acids is 1. The fraction of sp³-hybridized carbons (Fsp3) is 0.143. The van der Waals surface area contributed by atoms with Crippen molar-refractivity contribution in [1.82, 2.24) is 0 Å². The van der Waals surface area contributed by atoms with E-state index < -0.39 is 0 Å². The lowest BCUT2D eigenvalue weighted by Crippen LogP contribution is -2.36. The van der Waals surface area contributed by atoms with Crippen molar-refractivity contribution in [2.45, 2.75) is 20.4 Å². The van der Waals surface area contributed by atoms with Crippen molar-refractivity contribution in [3.05, 3.63) is 77.4 Å². The zero-order chi connectivity index (χ0) is 18.2. The van der Waals surface area contributed by atoms with E-state index in [2.05, 4.69) is 24.6 Å². The molecule has 25 heavy (non-hydrogen) atoms. The van der Waals surface area contributed by atoms with Gasteiger partial charge in [-0.2, -0.15) is 4.57 Å². The predicted molar refractivity (Wildman–Crippen MR) is 108 cm³/mol. The zero-order valence-electron chi connectivity index (χ0n) is 14.7. The number of aromatic nitrogens is 1. The van der Waals surface area contributed by atoms with Crippen LogP contribution in [0.1, 0.15) is 29.4 Å². The molecular weight excluding hydrogens is 328 g/mol. The van der Waals surface area contributed by atoms with Gasteiger partial charge in [0.15, 0.2) is 0 Å². The molecule has 1 aromatic carbocycles. The fourth-order valence-electron chi connectivity index (χ4n) is 2.51. The summed E-state index contributed by atoms with van der Waals surface area (Å²) >= 11 is 1.67. The van der Waals surface area contributed by atoms with Crippen LogP contribution in [-0.4, -0.2) is 5.91 Å². The van der Waals surface area contributed by atoms with E-state index in [0.29, 0.717) is 0 Å². The third-order valence-electron chi connectivity index (χ3n) is 3.68. The third-order valence-corrected chi connectivity index (χ3v) is 4.84. The number of amides is 1. The summed E-state index contributed by atoms with van der Waals surface area (Å²) in [6.45, 7) is 12.3. The molecule has 0 saturated heterocycles. The summed E-state index contributed by atoms with van der Waals surface area (Å²) in [6, 6.07) is 9.58. The van der Waals surface area contributed by atoms with Gasteiger partial charge in [-0.15, -0.1) is 0 Å². The van der Waals surface area contributed by atoms with E-state index in [0.717, 1.165) is 27.8 Å². The lowest BCUT2D eigenvalue weighted by atomic mass is 10.3. The molecule has 0 N–H and O–H groups in total. The quantitative estimate of drug-likeness (QED) is 0.513. The van der Waals surface area contributed by atoms with E-state index in [9.17, 15) is 4.79 Å². The second-order valence-electron chi connectivity index (χ2n) is 5.27. The molecular formula is C21H23N2OS+. The Kier molecular flexibility index (Phi) is 6.66. The Morgan fingerprint density at radius 2 is 1.92 bits per heavy atom. The van der Waals surface area contributed by atoms with Crippen molar-refractivity contribution in [3.63, 3.8) is 0 Å². The average molecular weight is 351 g/mol. The summed E-state index contributed by atoms with van der Waals surface area (Å²) in [4.78, 5) is 14.6. The Balaban J connectivity index is 2.23. The van der Waals surface area contributed by atoms with Gasteiger partial charge in [0.1, 0.15) is 11.4 Å². The van der Waals surface area contributed by atoms with Crippen molar-refractivity contribution in [2.75, 3.05) is 4.90 Å². The molecule has 2 aromatic rings. The van der Waals surface area contributed by atoms with E-state index in [1.54, 1.807) is 29.4 Å².